The Labute approximate surface area is 371 Å². The number of carbonyl (C=O) groups is 4. The average Bonchev–Trinajstić information content (AvgIpc) is 3.69. The molecule has 2 aliphatic carbocycles. The lowest BCUT2D eigenvalue weighted by Gasteiger charge is -2.16. The van der Waals surface area contributed by atoms with E-state index in [1.807, 2.05) is 0 Å². The number of sulfone groups is 2. The summed E-state index contributed by atoms with van der Waals surface area (Å²) in [5, 5.41) is 0. The van der Waals surface area contributed by atoms with E-state index in [0.717, 1.165) is 54.6 Å². The molecule has 7 rings (SSSR count). The van der Waals surface area contributed by atoms with E-state index in [4.69, 9.17) is 0 Å². The molecule has 0 spiro atoms. The molecule has 5 aromatic carbocycles. The van der Waals surface area contributed by atoms with Crippen molar-refractivity contribution in [2.24, 2.45) is 0 Å². The third-order valence-corrected chi connectivity index (χ3v) is 13.2. The lowest BCUT2D eigenvalue weighted by atomic mass is 9.92. The number of esters is 4. The molecule has 0 N–H and O–H groups in total. The zero-order valence-electron chi connectivity index (χ0n) is 32.6. The molecule has 0 bridgehead atoms. The number of carbonyl (C=O) groups excluding carboxylic acids is 4. The van der Waals surface area contributed by atoms with Crippen LogP contribution in [0.25, 0.3) is 33.4 Å². The van der Waals surface area contributed by atoms with E-state index in [0.29, 0.717) is 18.2 Å². The first-order chi connectivity index (χ1) is 31.4. The maximum atomic E-state index is 13.8. The summed E-state index contributed by atoms with van der Waals surface area (Å²) in [6, 6.07) is 18.1. The number of halogens is 12. The molecule has 0 radical (unpaired) electrons. The second-order valence-electron chi connectivity index (χ2n) is 13.8. The Bertz CT molecular complexity index is 2990. The van der Waals surface area contributed by atoms with Crippen molar-refractivity contribution < 1.29 is 108 Å². The number of hydrogen-bond acceptors (Lipinski definition) is 12. The highest BCUT2D eigenvalue weighted by molar-refractivity contribution is 7.91. The van der Waals surface area contributed by atoms with E-state index >= 15 is 0 Å². The average molecular weight is 1010 g/mol. The van der Waals surface area contributed by atoms with Crippen LogP contribution in [0.3, 0.4) is 0 Å². The van der Waals surface area contributed by atoms with Gasteiger partial charge in [-0.1, -0.05) is 48.5 Å². The number of ether oxygens (including phenoxy) is 4. The second-order valence-corrected chi connectivity index (χ2v) is 17.7. The minimum atomic E-state index is -6.08. The Morgan fingerprint density at radius 1 is 0.324 bits per heavy atom. The lowest BCUT2D eigenvalue weighted by molar-refractivity contribution is -0.310. The minimum absolute atomic E-state index is 0.433. The third kappa shape index (κ3) is 9.53. The SMILES string of the molecule is O=C(OC(F)(F)F)C(C(=O)OC(F)(F)F)=C1c2cc(S(=O)(=O)c3ccccc3)ccc2-c2cc3c(cc21)C(=C(C(=O)OC(F)(F)F)C(=O)OC(F)(F)F)c1cc(S(=O)(=O)c2ccccc2)ccc1-3. The number of fused-ring (bicyclic) bond motifs is 6. The van der Waals surface area contributed by atoms with Crippen LogP contribution in [0.1, 0.15) is 22.3 Å². The van der Waals surface area contributed by atoms with Crippen molar-refractivity contribution >= 4 is 54.7 Å². The van der Waals surface area contributed by atoms with Crippen LogP contribution in [0.5, 0.6) is 0 Å². The standard InChI is InChI=1S/C42H18F12O12S2/c43-39(44,45)63-35(55)33(36(56)64-40(46,47)48)31-27-15-21(67(59,60)19-7-3-1-4-8-19)11-13-23(27)25-17-26-24-14-12-22(68(61,62)20-9-5-2-6-10-20)16-28(24)32(30(26)18-29(25)31)34(37(57)65-41(49,50)51)38(58)66-42(52,53)54/h1-18H. The zero-order valence-corrected chi connectivity index (χ0v) is 34.3. The van der Waals surface area contributed by atoms with Gasteiger partial charge in [0.2, 0.25) is 19.7 Å². The first-order valence-corrected chi connectivity index (χ1v) is 21.1. The summed E-state index contributed by atoms with van der Waals surface area (Å²) in [7, 11) is -9.42. The molecule has 26 heteroatoms. The van der Waals surface area contributed by atoms with Gasteiger partial charge in [0.05, 0.1) is 19.6 Å². The summed E-state index contributed by atoms with van der Waals surface area (Å²) in [5.41, 5.74) is -12.8. The zero-order chi connectivity index (χ0) is 50.1. The van der Waals surface area contributed by atoms with Crippen LogP contribution in [0.15, 0.2) is 140 Å². The fourth-order valence-electron chi connectivity index (χ4n) is 7.22. The quantitative estimate of drug-likeness (QED) is 0.0353. The highest BCUT2D eigenvalue weighted by Gasteiger charge is 2.47. The number of hydrogen-bond donors (Lipinski definition) is 0. The van der Waals surface area contributed by atoms with Gasteiger partial charge in [0, 0.05) is 11.1 Å². The summed E-state index contributed by atoms with van der Waals surface area (Å²) in [5.74, 6) is -11.7. The van der Waals surface area contributed by atoms with Crippen molar-refractivity contribution in [3.8, 4) is 22.3 Å². The van der Waals surface area contributed by atoms with Crippen LogP contribution in [-0.4, -0.2) is 66.2 Å². The maximum absolute atomic E-state index is 13.8. The molecule has 354 valence electrons. The Morgan fingerprint density at radius 3 is 0.868 bits per heavy atom. The number of benzene rings is 5. The van der Waals surface area contributed by atoms with Crippen molar-refractivity contribution in [1.29, 1.82) is 0 Å². The molecule has 0 aromatic heterocycles. The summed E-state index contributed by atoms with van der Waals surface area (Å²) < 4.78 is 232. The fourth-order valence-corrected chi connectivity index (χ4v) is 9.84. The number of alkyl halides is 12. The molecule has 0 heterocycles. The van der Waals surface area contributed by atoms with E-state index in [-0.39, 0.29) is 0 Å². The van der Waals surface area contributed by atoms with E-state index in [1.165, 1.54) is 36.4 Å². The van der Waals surface area contributed by atoms with Gasteiger partial charge >= 0.3 is 49.3 Å². The predicted octanol–water partition coefficient (Wildman–Crippen LogP) is 9.17. The fraction of sp³-hybridized carbons (Fsp3) is 0.0952. The van der Waals surface area contributed by atoms with Crippen molar-refractivity contribution in [3.63, 3.8) is 0 Å². The van der Waals surface area contributed by atoms with Crippen LogP contribution < -0.4 is 0 Å². The maximum Gasteiger partial charge on any atom is 0.575 e. The first-order valence-electron chi connectivity index (χ1n) is 18.2. The second kappa shape index (κ2) is 16.7. The van der Waals surface area contributed by atoms with Gasteiger partial charge in [-0.3, -0.25) is 0 Å². The van der Waals surface area contributed by atoms with Gasteiger partial charge in [-0.05, 0) is 105 Å². The smallest absolute Gasteiger partial charge is 0.369 e. The van der Waals surface area contributed by atoms with Crippen molar-refractivity contribution in [1.82, 2.24) is 0 Å². The van der Waals surface area contributed by atoms with Crippen LogP contribution in [0, 0.1) is 0 Å². The van der Waals surface area contributed by atoms with Crippen LogP contribution in [0.4, 0.5) is 52.7 Å². The monoisotopic (exact) mass is 1010 g/mol. The molecule has 0 atom stereocenters. The molecule has 0 saturated carbocycles. The topological polar surface area (TPSA) is 173 Å². The Hall–Kier alpha value is -7.48. The summed E-state index contributed by atoms with van der Waals surface area (Å²) >= 11 is 0. The normalized spacial score (nSPS) is 13.4. The van der Waals surface area contributed by atoms with E-state index in [9.17, 15) is 88.7 Å². The molecule has 5 aromatic rings. The minimum Gasteiger partial charge on any atom is -0.369 e. The molecule has 0 saturated heterocycles. The van der Waals surface area contributed by atoms with E-state index < -0.39 is 155 Å². The van der Waals surface area contributed by atoms with Gasteiger partial charge in [0.1, 0.15) is 0 Å². The van der Waals surface area contributed by atoms with Gasteiger partial charge in [-0.2, -0.15) is 0 Å². The highest BCUT2D eigenvalue weighted by Crippen LogP contribution is 2.55. The summed E-state index contributed by atoms with van der Waals surface area (Å²) in [6.45, 7) is 0. The van der Waals surface area contributed by atoms with Gasteiger partial charge in [-0.15, -0.1) is 52.7 Å². The number of rotatable bonds is 8. The Morgan fingerprint density at radius 2 is 0.588 bits per heavy atom. The summed E-state index contributed by atoms with van der Waals surface area (Å²) in [6.07, 6.45) is -24.3. The van der Waals surface area contributed by atoms with Gasteiger partial charge in [-0.25, -0.2) is 36.0 Å². The highest BCUT2D eigenvalue weighted by atomic mass is 32.2. The van der Waals surface area contributed by atoms with Crippen LogP contribution in [-0.2, 0) is 57.8 Å². The molecular formula is C42H18F12O12S2. The largest absolute Gasteiger partial charge is 0.575 e. The molecule has 68 heavy (non-hydrogen) atoms. The van der Waals surface area contributed by atoms with E-state index in [1.54, 1.807) is 0 Å². The van der Waals surface area contributed by atoms with Crippen molar-refractivity contribution in [3.05, 3.63) is 143 Å². The molecule has 0 aliphatic heterocycles. The van der Waals surface area contributed by atoms with Gasteiger partial charge in [0.25, 0.3) is 0 Å². The Kier molecular flexibility index (Phi) is 11.9. The van der Waals surface area contributed by atoms with Gasteiger partial charge in [0.15, 0.2) is 11.1 Å². The summed E-state index contributed by atoms with van der Waals surface area (Å²) in [4.78, 5) is 50.7. The molecule has 0 unspecified atom stereocenters. The van der Waals surface area contributed by atoms with Crippen molar-refractivity contribution in [2.45, 2.75) is 45.0 Å². The molecule has 0 amide bonds. The third-order valence-electron chi connectivity index (χ3n) is 9.68. The molecule has 0 fully saturated rings. The van der Waals surface area contributed by atoms with Crippen molar-refractivity contribution in [2.75, 3.05) is 0 Å². The van der Waals surface area contributed by atoms with Crippen LogP contribution in [0.2, 0.25) is 0 Å². The molecular weight excluding hydrogens is 989 g/mol. The lowest BCUT2D eigenvalue weighted by Crippen LogP contribution is -2.29. The Balaban J connectivity index is 1.64. The van der Waals surface area contributed by atoms with Gasteiger partial charge < -0.3 is 18.9 Å². The van der Waals surface area contributed by atoms with Crippen LogP contribution >= 0.6 is 0 Å². The molecule has 12 nitrogen and oxygen atoms in total. The molecule has 2 aliphatic rings. The van der Waals surface area contributed by atoms with E-state index in [2.05, 4.69) is 18.9 Å². The predicted molar refractivity (Wildman–Crippen MR) is 202 cm³/mol. The first kappa shape index (κ1) is 48.5.